The molecule has 3 rings (SSSR count). The Morgan fingerprint density at radius 3 is 2.46 bits per heavy atom. The molecule has 0 amide bonds. The number of alkyl halides is 3. The summed E-state index contributed by atoms with van der Waals surface area (Å²) in [6.45, 7) is -0.0146. The SMILES string of the molecule is OC1(CNc2nc(Nc3ccc(Cl)c(Cl)c3)ncc2C(F)(F)F)CCCCC1. The molecule has 0 radical (unpaired) electrons. The van der Waals surface area contributed by atoms with Gasteiger partial charge in [-0.3, -0.25) is 0 Å². The van der Waals surface area contributed by atoms with Gasteiger partial charge in [0.25, 0.3) is 0 Å². The first-order chi connectivity index (χ1) is 13.2. The second-order valence-electron chi connectivity index (χ2n) is 6.85. The summed E-state index contributed by atoms with van der Waals surface area (Å²) in [6.07, 6.45) is -0.126. The lowest BCUT2D eigenvalue weighted by Crippen LogP contribution is -2.39. The molecule has 0 atom stereocenters. The van der Waals surface area contributed by atoms with Crippen LogP contribution >= 0.6 is 23.2 Å². The maximum atomic E-state index is 13.3. The van der Waals surface area contributed by atoms with E-state index in [-0.39, 0.29) is 23.3 Å². The highest BCUT2D eigenvalue weighted by atomic mass is 35.5. The van der Waals surface area contributed by atoms with Crippen molar-refractivity contribution in [3.63, 3.8) is 0 Å². The number of benzene rings is 1. The van der Waals surface area contributed by atoms with Crippen molar-refractivity contribution in [2.75, 3.05) is 17.2 Å². The average Bonchev–Trinajstić information content (AvgIpc) is 2.63. The summed E-state index contributed by atoms with van der Waals surface area (Å²) in [7, 11) is 0. The number of nitrogens with one attached hydrogen (secondary N) is 2. The van der Waals surface area contributed by atoms with Crippen molar-refractivity contribution in [1.82, 2.24) is 9.97 Å². The lowest BCUT2D eigenvalue weighted by Gasteiger charge is -2.32. The highest BCUT2D eigenvalue weighted by Crippen LogP contribution is 2.35. The third-order valence-electron chi connectivity index (χ3n) is 4.64. The maximum absolute atomic E-state index is 13.3. The lowest BCUT2D eigenvalue weighted by atomic mass is 9.85. The van der Waals surface area contributed by atoms with Gasteiger partial charge < -0.3 is 15.7 Å². The smallest absolute Gasteiger partial charge is 0.388 e. The van der Waals surface area contributed by atoms with Gasteiger partial charge in [0.1, 0.15) is 11.4 Å². The normalized spacial score (nSPS) is 16.6. The van der Waals surface area contributed by atoms with Gasteiger partial charge in [-0.1, -0.05) is 42.5 Å². The number of hydrogen-bond donors (Lipinski definition) is 3. The predicted octanol–water partition coefficient (Wildman–Crippen LogP) is 5.65. The molecule has 1 fully saturated rings. The maximum Gasteiger partial charge on any atom is 0.421 e. The molecule has 1 aromatic heterocycles. The standard InChI is InChI=1S/C18H19Cl2F3N4O/c19-13-5-4-11(8-14(13)20)26-16-24-9-12(18(21,22)23)15(27-16)25-10-17(28)6-2-1-3-7-17/h4-5,8-9,28H,1-3,6-7,10H2,(H2,24,25,26,27). The minimum Gasteiger partial charge on any atom is -0.388 e. The Morgan fingerprint density at radius 2 is 1.82 bits per heavy atom. The topological polar surface area (TPSA) is 70.1 Å². The first-order valence-electron chi connectivity index (χ1n) is 8.79. The molecule has 1 saturated carbocycles. The van der Waals surface area contributed by atoms with Crippen molar-refractivity contribution in [3.05, 3.63) is 40.0 Å². The highest BCUT2D eigenvalue weighted by molar-refractivity contribution is 6.42. The van der Waals surface area contributed by atoms with Gasteiger partial charge in [-0.2, -0.15) is 18.2 Å². The number of halogens is 5. The summed E-state index contributed by atoms with van der Waals surface area (Å²) in [5.41, 5.74) is -1.55. The van der Waals surface area contributed by atoms with Crippen LogP contribution in [0.25, 0.3) is 0 Å². The van der Waals surface area contributed by atoms with Crippen LogP contribution in [0.5, 0.6) is 0 Å². The van der Waals surface area contributed by atoms with Gasteiger partial charge in [-0.25, -0.2) is 4.98 Å². The fourth-order valence-electron chi connectivity index (χ4n) is 3.12. The summed E-state index contributed by atoms with van der Waals surface area (Å²) >= 11 is 11.8. The van der Waals surface area contributed by atoms with E-state index in [0.29, 0.717) is 29.7 Å². The highest BCUT2D eigenvalue weighted by Gasteiger charge is 2.36. The largest absolute Gasteiger partial charge is 0.421 e. The molecule has 1 aromatic carbocycles. The summed E-state index contributed by atoms with van der Waals surface area (Å²) in [6, 6.07) is 4.67. The molecule has 1 aliphatic carbocycles. The van der Waals surface area contributed by atoms with E-state index < -0.39 is 17.3 Å². The Labute approximate surface area is 170 Å². The van der Waals surface area contributed by atoms with Crippen molar-refractivity contribution in [2.45, 2.75) is 43.9 Å². The number of hydrogen-bond acceptors (Lipinski definition) is 5. The molecule has 0 saturated heterocycles. The first-order valence-corrected chi connectivity index (χ1v) is 9.54. The van der Waals surface area contributed by atoms with E-state index in [0.717, 1.165) is 19.3 Å². The molecule has 0 aliphatic heterocycles. The van der Waals surface area contributed by atoms with Gasteiger partial charge >= 0.3 is 6.18 Å². The van der Waals surface area contributed by atoms with Crippen molar-refractivity contribution in [2.24, 2.45) is 0 Å². The van der Waals surface area contributed by atoms with Crippen LogP contribution in [0.3, 0.4) is 0 Å². The molecule has 28 heavy (non-hydrogen) atoms. The van der Waals surface area contributed by atoms with Gasteiger partial charge in [0, 0.05) is 18.4 Å². The second kappa shape index (κ2) is 8.31. The quantitative estimate of drug-likeness (QED) is 0.566. The molecular weight excluding hydrogens is 416 g/mol. The number of rotatable bonds is 5. The first kappa shape index (κ1) is 21.0. The summed E-state index contributed by atoms with van der Waals surface area (Å²) in [5.74, 6) is -0.423. The molecule has 0 bridgehead atoms. The molecule has 10 heteroatoms. The Hall–Kier alpha value is -1.77. The van der Waals surface area contributed by atoms with Crippen molar-refractivity contribution >= 4 is 40.7 Å². The Kier molecular flexibility index (Phi) is 6.21. The Morgan fingerprint density at radius 1 is 1.11 bits per heavy atom. The summed E-state index contributed by atoms with van der Waals surface area (Å²) in [5, 5.41) is 16.7. The van der Waals surface area contributed by atoms with Gasteiger partial charge in [0.2, 0.25) is 5.95 Å². The number of nitrogens with zero attached hydrogens (tertiary/aromatic N) is 2. The molecule has 0 spiro atoms. The van der Waals surface area contributed by atoms with Crippen molar-refractivity contribution < 1.29 is 18.3 Å². The molecule has 1 heterocycles. The number of anilines is 3. The Balaban J connectivity index is 1.83. The van der Waals surface area contributed by atoms with Crippen molar-refractivity contribution in [1.29, 1.82) is 0 Å². The van der Waals surface area contributed by atoms with Gasteiger partial charge in [0.05, 0.1) is 15.6 Å². The van der Waals surface area contributed by atoms with E-state index in [1.54, 1.807) is 12.1 Å². The van der Waals surface area contributed by atoms with Crippen LogP contribution in [0, 0.1) is 0 Å². The lowest BCUT2D eigenvalue weighted by molar-refractivity contribution is -0.137. The summed E-state index contributed by atoms with van der Waals surface area (Å²) < 4.78 is 40.0. The zero-order chi connectivity index (χ0) is 20.4. The fourth-order valence-corrected chi connectivity index (χ4v) is 3.42. The van der Waals surface area contributed by atoms with Crippen LogP contribution in [0.2, 0.25) is 10.0 Å². The van der Waals surface area contributed by atoms with Crippen LogP contribution < -0.4 is 10.6 Å². The fraction of sp³-hybridized carbons (Fsp3) is 0.444. The van der Waals surface area contributed by atoms with Crippen LogP contribution in [0.4, 0.5) is 30.6 Å². The molecule has 0 unspecified atom stereocenters. The van der Waals surface area contributed by atoms with Crippen LogP contribution in [-0.4, -0.2) is 27.2 Å². The zero-order valence-corrected chi connectivity index (χ0v) is 16.3. The zero-order valence-electron chi connectivity index (χ0n) is 14.8. The summed E-state index contributed by atoms with van der Waals surface area (Å²) in [4.78, 5) is 7.71. The number of aliphatic hydroxyl groups is 1. The third kappa shape index (κ3) is 5.18. The molecule has 5 nitrogen and oxygen atoms in total. The average molecular weight is 435 g/mol. The van der Waals surface area contributed by atoms with E-state index in [9.17, 15) is 18.3 Å². The van der Waals surface area contributed by atoms with E-state index in [2.05, 4.69) is 20.6 Å². The van der Waals surface area contributed by atoms with E-state index in [4.69, 9.17) is 23.2 Å². The number of aromatic nitrogens is 2. The van der Waals surface area contributed by atoms with Crippen LogP contribution in [0.1, 0.15) is 37.7 Å². The van der Waals surface area contributed by atoms with Crippen molar-refractivity contribution in [3.8, 4) is 0 Å². The van der Waals surface area contributed by atoms with Crippen LogP contribution in [0.15, 0.2) is 24.4 Å². The molecule has 3 N–H and O–H groups in total. The second-order valence-corrected chi connectivity index (χ2v) is 7.66. The minimum atomic E-state index is -4.63. The van der Waals surface area contributed by atoms with Gasteiger partial charge in [0.15, 0.2) is 0 Å². The van der Waals surface area contributed by atoms with Gasteiger partial charge in [-0.15, -0.1) is 0 Å². The minimum absolute atomic E-state index is 0.0146. The Bertz CT molecular complexity index is 842. The van der Waals surface area contributed by atoms with Crippen LogP contribution in [-0.2, 0) is 6.18 Å². The van der Waals surface area contributed by atoms with E-state index >= 15 is 0 Å². The monoisotopic (exact) mass is 434 g/mol. The van der Waals surface area contributed by atoms with E-state index in [1.165, 1.54) is 6.07 Å². The van der Waals surface area contributed by atoms with Gasteiger partial charge in [-0.05, 0) is 31.0 Å². The predicted molar refractivity (Wildman–Crippen MR) is 103 cm³/mol. The van der Waals surface area contributed by atoms with E-state index in [1.807, 2.05) is 0 Å². The molecule has 2 aromatic rings. The molecule has 1 aliphatic rings. The third-order valence-corrected chi connectivity index (χ3v) is 5.38. The molecule has 152 valence electrons. The molecular formula is C18H19Cl2F3N4O.